The summed E-state index contributed by atoms with van der Waals surface area (Å²) in [4.78, 5) is 42.5. The van der Waals surface area contributed by atoms with Gasteiger partial charge in [-0.05, 0) is 37.3 Å². The number of carbonyl (C=O) groups is 2. The smallest absolute Gasteiger partial charge is 0.274 e. The highest BCUT2D eigenvalue weighted by molar-refractivity contribution is 6.12. The Labute approximate surface area is 149 Å². The van der Waals surface area contributed by atoms with E-state index in [0.29, 0.717) is 22.6 Å². The summed E-state index contributed by atoms with van der Waals surface area (Å²) in [5, 5.41) is 5.61. The Kier molecular flexibility index (Phi) is 4.33. The maximum absolute atomic E-state index is 12.7. The quantitative estimate of drug-likeness (QED) is 0.746. The van der Waals surface area contributed by atoms with Crippen LogP contribution in [0.5, 0.6) is 0 Å². The minimum atomic E-state index is -0.413. The van der Waals surface area contributed by atoms with E-state index in [9.17, 15) is 14.4 Å². The van der Waals surface area contributed by atoms with Crippen LogP contribution in [0.4, 0.5) is 5.69 Å². The number of aryl methyl sites for hydroxylation is 2. The molecule has 2 heterocycles. The van der Waals surface area contributed by atoms with Crippen LogP contribution in [-0.4, -0.2) is 45.6 Å². The Hall–Kier alpha value is -3.42. The second-order valence-electron chi connectivity index (χ2n) is 6.24. The van der Waals surface area contributed by atoms with Crippen LogP contribution in [0, 0.1) is 6.92 Å². The Morgan fingerprint density at radius 3 is 2.46 bits per heavy atom. The highest BCUT2D eigenvalue weighted by atomic mass is 16.2. The maximum Gasteiger partial charge on any atom is 0.274 e. The van der Waals surface area contributed by atoms with Crippen molar-refractivity contribution >= 4 is 28.5 Å². The minimum absolute atomic E-state index is 0.120. The highest BCUT2D eigenvalue weighted by Crippen LogP contribution is 2.17. The van der Waals surface area contributed by atoms with Gasteiger partial charge in [-0.15, -0.1) is 0 Å². The standard InChI is InChI=1S/C18H19N5O3/c1-10-9-13(14-15(19-10)23(4)21-17(14)25)16(24)20-12-7-5-11(6-8-12)18(26)22(2)3/h5-9H,1-4H3,(H,20,24)(H,21,25). The molecule has 2 aromatic heterocycles. The van der Waals surface area contributed by atoms with E-state index >= 15 is 0 Å². The summed E-state index contributed by atoms with van der Waals surface area (Å²) >= 11 is 0. The van der Waals surface area contributed by atoms with E-state index in [0.717, 1.165) is 0 Å². The molecule has 0 aliphatic carbocycles. The molecule has 134 valence electrons. The molecule has 0 spiro atoms. The molecule has 0 radical (unpaired) electrons. The van der Waals surface area contributed by atoms with Crippen molar-refractivity contribution in [3.05, 3.63) is 57.5 Å². The van der Waals surface area contributed by atoms with Gasteiger partial charge in [0.2, 0.25) is 0 Å². The van der Waals surface area contributed by atoms with Gasteiger partial charge >= 0.3 is 0 Å². The average molecular weight is 353 g/mol. The molecule has 0 aliphatic rings. The number of fused-ring (bicyclic) bond motifs is 1. The van der Waals surface area contributed by atoms with Gasteiger partial charge < -0.3 is 10.2 Å². The molecule has 8 heteroatoms. The van der Waals surface area contributed by atoms with Crippen LogP contribution in [0.3, 0.4) is 0 Å². The molecule has 0 saturated heterocycles. The maximum atomic E-state index is 12.7. The number of nitrogens with zero attached hydrogens (tertiary/aromatic N) is 3. The molecule has 2 N–H and O–H groups in total. The first-order chi connectivity index (χ1) is 12.3. The Morgan fingerprint density at radius 1 is 1.19 bits per heavy atom. The molecule has 3 rings (SSSR count). The van der Waals surface area contributed by atoms with Crippen LogP contribution < -0.4 is 10.9 Å². The molecular formula is C18H19N5O3. The summed E-state index contributed by atoms with van der Waals surface area (Å²) in [6.07, 6.45) is 0. The number of carbonyl (C=O) groups excluding carboxylic acids is 2. The van der Waals surface area contributed by atoms with Crippen molar-refractivity contribution in [3.63, 3.8) is 0 Å². The van der Waals surface area contributed by atoms with Gasteiger partial charge in [0.1, 0.15) is 0 Å². The normalized spacial score (nSPS) is 10.8. The molecule has 1 aromatic carbocycles. The number of aromatic nitrogens is 3. The topological polar surface area (TPSA) is 100 Å². The molecule has 0 unspecified atom stereocenters. The third-order valence-corrected chi connectivity index (χ3v) is 3.98. The molecule has 3 aromatic rings. The van der Waals surface area contributed by atoms with Crippen molar-refractivity contribution in [1.82, 2.24) is 19.7 Å². The molecule has 26 heavy (non-hydrogen) atoms. The zero-order valence-corrected chi connectivity index (χ0v) is 15.0. The number of hydrogen-bond acceptors (Lipinski definition) is 4. The second kappa shape index (κ2) is 6.47. The van der Waals surface area contributed by atoms with Crippen molar-refractivity contribution < 1.29 is 9.59 Å². The Morgan fingerprint density at radius 2 is 1.85 bits per heavy atom. The lowest BCUT2D eigenvalue weighted by molar-refractivity contribution is 0.0827. The third-order valence-electron chi connectivity index (χ3n) is 3.98. The first-order valence-corrected chi connectivity index (χ1v) is 7.97. The lowest BCUT2D eigenvalue weighted by Crippen LogP contribution is -2.21. The number of amides is 2. The number of hydrogen-bond donors (Lipinski definition) is 2. The first kappa shape index (κ1) is 17.4. The van der Waals surface area contributed by atoms with Gasteiger partial charge in [0.25, 0.3) is 17.4 Å². The van der Waals surface area contributed by atoms with Gasteiger partial charge in [-0.2, -0.15) is 0 Å². The highest BCUT2D eigenvalue weighted by Gasteiger charge is 2.18. The fourth-order valence-electron chi connectivity index (χ4n) is 2.72. The van der Waals surface area contributed by atoms with Gasteiger partial charge in [-0.3, -0.25) is 24.2 Å². The molecule has 0 atom stereocenters. The predicted octanol–water partition coefficient (Wildman–Crippen LogP) is 1.52. The van der Waals surface area contributed by atoms with Gasteiger partial charge in [0.15, 0.2) is 5.65 Å². The van der Waals surface area contributed by atoms with Crippen molar-refractivity contribution in [2.75, 3.05) is 19.4 Å². The van der Waals surface area contributed by atoms with E-state index in [4.69, 9.17) is 0 Å². The van der Waals surface area contributed by atoms with E-state index in [1.54, 1.807) is 58.4 Å². The molecular weight excluding hydrogens is 334 g/mol. The van der Waals surface area contributed by atoms with Crippen LogP contribution in [0.1, 0.15) is 26.4 Å². The summed E-state index contributed by atoms with van der Waals surface area (Å²) < 4.78 is 1.49. The number of rotatable bonds is 3. The lowest BCUT2D eigenvalue weighted by atomic mass is 10.1. The molecule has 0 aliphatic heterocycles. The van der Waals surface area contributed by atoms with E-state index in [1.807, 2.05) is 0 Å². The molecule has 2 amide bonds. The zero-order valence-electron chi connectivity index (χ0n) is 15.0. The van der Waals surface area contributed by atoms with E-state index in [1.165, 1.54) is 9.58 Å². The SMILES string of the molecule is Cc1cc(C(=O)Nc2ccc(C(=O)N(C)C)cc2)c2c(=O)[nH]n(C)c2n1. The summed E-state index contributed by atoms with van der Waals surface area (Å²) in [5.41, 5.74) is 1.99. The van der Waals surface area contributed by atoms with Crippen LogP contribution in [0.15, 0.2) is 35.1 Å². The Balaban J connectivity index is 1.93. The van der Waals surface area contributed by atoms with Crippen molar-refractivity contribution in [3.8, 4) is 0 Å². The van der Waals surface area contributed by atoms with Crippen LogP contribution in [0.25, 0.3) is 11.0 Å². The van der Waals surface area contributed by atoms with E-state index in [-0.39, 0.29) is 22.4 Å². The molecule has 8 nitrogen and oxygen atoms in total. The van der Waals surface area contributed by atoms with Crippen molar-refractivity contribution in [2.24, 2.45) is 7.05 Å². The van der Waals surface area contributed by atoms with Gasteiger partial charge in [0.05, 0.1) is 10.9 Å². The molecule has 0 bridgehead atoms. The van der Waals surface area contributed by atoms with Gasteiger partial charge in [-0.1, -0.05) is 0 Å². The van der Waals surface area contributed by atoms with Gasteiger partial charge in [0, 0.05) is 38.1 Å². The van der Waals surface area contributed by atoms with Crippen LogP contribution in [0.2, 0.25) is 0 Å². The second-order valence-corrected chi connectivity index (χ2v) is 6.24. The van der Waals surface area contributed by atoms with Crippen molar-refractivity contribution in [1.29, 1.82) is 0 Å². The largest absolute Gasteiger partial charge is 0.345 e. The number of benzene rings is 1. The van der Waals surface area contributed by atoms with Crippen LogP contribution >= 0.6 is 0 Å². The molecule has 0 fully saturated rings. The number of pyridine rings is 1. The van der Waals surface area contributed by atoms with Crippen LogP contribution in [-0.2, 0) is 7.05 Å². The number of anilines is 1. The number of nitrogens with one attached hydrogen (secondary N) is 2. The predicted molar refractivity (Wildman–Crippen MR) is 98.5 cm³/mol. The fraction of sp³-hybridized carbons (Fsp3) is 0.222. The van der Waals surface area contributed by atoms with Crippen molar-refractivity contribution in [2.45, 2.75) is 6.92 Å². The van der Waals surface area contributed by atoms with E-state index in [2.05, 4.69) is 15.4 Å². The summed E-state index contributed by atoms with van der Waals surface area (Å²) in [7, 11) is 5.01. The van der Waals surface area contributed by atoms with E-state index < -0.39 is 5.91 Å². The average Bonchev–Trinajstić information content (AvgIpc) is 2.88. The number of H-pyrrole nitrogens is 1. The van der Waals surface area contributed by atoms with Gasteiger partial charge in [-0.25, -0.2) is 4.98 Å². The summed E-state index contributed by atoms with van der Waals surface area (Å²) in [6, 6.07) is 8.16. The number of aromatic amines is 1. The Bertz CT molecular complexity index is 1060. The lowest BCUT2D eigenvalue weighted by Gasteiger charge is -2.11. The fourth-order valence-corrected chi connectivity index (χ4v) is 2.72. The third kappa shape index (κ3) is 3.08. The molecule has 0 saturated carbocycles. The first-order valence-electron chi connectivity index (χ1n) is 7.97. The zero-order chi connectivity index (χ0) is 19.0. The minimum Gasteiger partial charge on any atom is -0.345 e. The summed E-state index contributed by atoms with van der Waals surface area (Å²) in [5.74, 6) is -0.533. The monoisotopic (exact) mass is 353 g/mol. The summed E-state index contributed by atoms with van der Waals surface area (Å²) in [6.45, 7) is 1.76.